The molecule has 0 fully saturated rings. The van der Waals surface area contributed by atoms with Crippen LogP contribution in [0.3, 0.4) is 0 Å². The predicted octanol–water partition coefficient (Wildman–Crippen LogP) is 4.48. The van der Waals surface area contributed by atoms with Gasteiger partial charge in [0, 0.05) is 22.2 Å². The number of aromatic nitrogens is 2. The van der Waals surface area contributed by atoms with Crippen LogP contribution in [0.4, 0.5) is 13.2 Å². The molecule has 2 N–H and O–H groups in total. The Labute approximate surface area is 174 Å². The van der Waals surface area contributed by atoms with Gasteiger partial charge in [0.1, 0.15) is 5.75 Å². The zero-order valence-corrected chi connectivity index (χ0v) is 16.7. The second kappa shape index (κ2) is 7.54. The van der Waals surface area contributed by atoms with Crippen molar-refractivity contribution < 1.29 is 22.7 Å². The van der Waals surface area contributed by atoms with Crippen LogP contribution in [0.5, 0.6) is 5.75 Å². The van der Waals surface area contributed by atoms with Gasteiger partial charge in [0.25, 0.3) is 0 Å². The third-order valence-electron chi connectivity index (χ3n) is 4.62. The molecule has 0 saturated carbocycles. The number of carbonyl (C=O) groups is 1. The normalized spacial score (nSPS) is 13.6. The van der Waals surface area contributed by atoms with Crippen molar-refractivity contribution in [1.29, 1.82) is 5.26 Å². The molecule has 3 rings (SSSR count). The van der Waals surface area contributed by atoms with Gasteiger partial charge in [-0.15, -0.1) is 13.2 Å². The van der Waals surface area contributed by atoms with E-state index < -0.39 is 23.4 Å². The summed E-state index contributed by atoms with van der Waals surface area (Å²) in [5.41, 5.74) is 5.38. The van der Waals surface area contributed by atoms with Crippen LogP contribution in [-0.4, -0.2) is 22.1 Å². The minimum absolute atomic E-state index is 0.00793. The molecule has 0 spiro atoms. The van der Waals surface area contributed by atoms with Crippen molar-refractivity contribution in [3.8, 4) is 11.8 Å². The Kier molecular flexibility index (Phi) is 5.39. The molecule has 1 heterocycles. The van der Waals surface area contributed by atoms with E-state index in [-0.39, 0.29) is 17.7 Å². The summed E-state index contributed by atoms with van der Waals surface area (Å²) >= 11 is 6.07. The molecule has 1 unspecified atom stereocenters. The van der Waals surface area contributed by atoms with Crippen molar-refractivity contribution in [2.45, 2.75) is 32.2 Å². The van der Waals surface area contributed by atoms with E-state index in [2.05, 4.69) is 15.9 Å². The van der Waals surface area contributed by atoms with Crippen molar-refractivity contribution in [2.75, 3.05) is 0 Å². The number of amides is 1. The molecule has 30 heavy (non-hydrogen) atoms. The van der Waals surface area contributed by atoms with Gasteiger partial charge < -0.3 is 10.5 Å². The molecule has 1 atom stereocenters. The molecule has 0 radical (unpaired) electrons. The van der Waals surface area contributed by atoms with Crippen molar-refractivity contribution in [1.82, 2.24) is 9.78 Å². The number of rotatable bonds is 5. The smallest absolute Gasteiger partial charge is 0.406 e. The number of fused-ring (bicyclic) bond motifs is 1. The standard InChI is InChI=1S/C20H16ClF3N4O2/c1-11-5-13(21)6-12-8-28(27-17(11)12)10-19(2,9-25)16-7-14(30-20(22,23)24)3-4-15(16)18(26)29/h3-8H,10H2,1-2H3,(H2,26,29). The van der Waals surface area contributed by atoms with Crippen molar-refractivity contribution >= 4 is 28.4 Å². The zero-order valence-electron chi connectivity index (χ0n) is 15.9. The van der Waals surface area contributed by atoms with Gasteiger partial charge in [0.05, 0.1) is 23.5 Å². The maximum absolute atomic E-state index is 12.6. The van der Waals surface area contributed by atoms with Gasteiger partial charge in [-0.2, -0.15) is 10.4 Å². The Bertz CT molecular complexity index is 1180. The molecule has 6 nitrogen and oxygen atoms in total. The van der Waals surface area contributed by atoms with Gasteiger partial charge in [-0.1, -0.05) is 11.6 Å². The fourth-order valence-electron chi connectivity index (χ4n) is 3.29. The van der Waals surface area contributed by atoms with Crippen LogP contribution in [0.2, 0.25) is 5.02 Å². The van der Waals surface area contributed by atoms with Gasteiger partial charge in [-0.05, 0) is 55.3 Å². The molecule has 0 saturated heterocycles. The molecule has 0 aliphatic carbocycles. The molecule has 0 aliphatic heterocycles. The maximum atomic E-state index is 12.6. The first-order chi connectivity index (χ1) is 13.9. The Hall–Kier alpha value is -3.25. The highest BCUT2D eigenvalue weighted by Gasteiger charge is 2.35. The van der Waals surface area contributed by atoms with E-state index in [1.807, 2.05) is 6.92 Å². The van der Waals surface area contributed by atoms with E-state index in [0.717, 1.165) is 29.1 Å². The van der Waals surface area contributed by atoms with Crippen LogP contribution in [0.25, 0.3) is 10.9 Å². The summed E-state index contributed by atoms with van der Waals surface area (Å²) < 4.78 is 43.4. The van der Waals surface area contributed by atoms with Crippen LogP contribution >= 0.6 is 11.6 Å². The minimum Gasteiger partial charge on any atom is -0.406 e. The maximum Gasteiger partial charge on any atom is 0.573 e. The Balaban J connectivity index is 2.09. The minimum atomic E-state index is -4.93. The first kappa shape index (κ1) is 21.5. The van der Waals surface area contributed by atoms with Gasteiger partial charge in [-0.25, -0.2) is 0 Å². The Morgan fingerprint density at radius 1 is 1.33 bits per heavy atom. The number of alkyl halides is 3. The highest BCUT2D eigenvalue weighted by Crippen LogP contribution is 2.34. The lowest BCUT2D eigenvalue weighted by Gasteiger charge is -2.25. The number of carbonyl (C=O) groups excluding carboxylic acids is 1. The monoisotopic (exact) mass is 436 g/mol. The first-order valence-corrected chi connectivity index (χ1v) is 9.04. The number of nitriles is 1. The fourth-order valence-corrected chi connectivity index (χ4v) is 3.57. The van der Waals surface area contributed by atoms with E-state index in [0.29, 0.717) is 10.5 Å². The number of benzene rings is 2. The highest BCUT2D eigenvalue weighted by atomic mass is 35.5. The number of nitrogens with zero attached hydrogens (tertiary/aromatic N) is 3. The summed E-state index contributed by atoms with van der Waals surface area (Å²) in [5.74, 6) is -1.43. The molecule has 3 aromatic rings. The third-order valence-corrected chi connectivity index (χ3v) is 4.84. The van der Waals surface area contributed by atoms with E-state index in [9.17, 15) is 23.2 Å². The van der Waals surface area contributed by atoms with E-state index in [1.54, 1.807) is 18.3 Å². The number of aryl methyl sites for hydroxylation is 1. The molecule has 156 valence electrons. The average molecular weight is 437 g/mol. The summed E-state index contributed by atoms with van der Waals surface area (Å²) in [6, 6.07) is 8.61. The largest absolute Gasteiger partial charge is 0.573 e. The van der Waals surface area contributed by atoms with E-state index in [1.165, 1.54) is 11.6 Å². The van der Waals surface area contributed by atoms with E-state index in [4.69, 9.17) is 17.3 Å². The summed E-state index contributed by atoms with van der Waals surface area (Å²) in [4.78, 5) is 11.9. The van der Waals surface area contributed by atoms with Crippen LogP contribution in [0, 0.1) is 18.3 Å². The molecule has 10 heteroatoms. The highest BCUT2D eigenvalue weighted by molar-refractivity contribution is 6.31. The Morgan fingerprint density at radius 2 is 2.03 bits per heavy atom. The number of hydrogen-bond acceptors (Lipinski definition) is 4. The topological polar surface area (TPSA) is 93.9 Å². The fraction of sp³-hybridized carbons (Fsp3) is 0.250. The number of hydrogen-bond donors (Lipinski definition) is 1. The van der Waals surface area contributed by atoms with E-state index >= 15 is 0 Å². The molecule has 1 aromatic heterocycles. The molecule has 1 amide bonds. The number of ether oxygens (including phenoxy) is 1. The van der Waals surface area contributed by atoms with Crippen molar-refractivity contribution in [2.24, 2.45) is 5.73 Å². The summed E-state index contributed by atoms with van der Waals surface area (Å²) in [7, 11) is 0. The molecule has 0 aliphatic rings. The van der Waals surface area contributed by atoms with Crippen molar-refractivity contribution in [3.63, 3.8) is 0 Å². The first-order valence-electron chi connectivity index (χ1n) is 8.66. The predicted molar refractivity (Wildman–Crippen MR) is 104 cm³/mol. The lowest BCUT2D eigenvalue weighted by molar-refractivity contribution is -0.274. The summed E-state index contributed by atoms with van der Waals surface area (Å²) in [6.45, 7) is 3.27. The molecular formula is C20H16ClF3N4O2. The van der Waals surface area contributed by atoms with Gasteiger partial charge in [-0.3, -0.25) is 9.48 Å². The SMILES string of the molecule is Cc1cc(Cl)cc2cn(CC(C)(C#N)c3cc(OC(F)(F)F)ccc3C(N)=O)nc12. The zero-order chi connectivity index (χ0) is 22.3. The van der Waals surface area contributed by atoms with Crippen LogP contribution in [0.15, 0.2) is 36.5 Å². The van der Waals surface area contributed by atoms with Crippen LogP contribution < -0.4 is 10.5 Å². The van der Waals surface area contributed by atoms with Gasteiger partial charge in [0.15, 0.2) is 0 Å². The quantitative estimate of drug-likeness (QED) is 0.638. The number of halogens is 4. The number of nitrogens with two attached hydrogens (primary N) is 1. The summed E-state index contributed by atoms with van der Waals surface area (Å²) in [5, 5.41) is 15.6. The summed E-state index contributed by atoms with van der Waals surface area (Å²) in [6.07, 6.45) is -3.26. The Morgan fingerprint density at radius 3 is 2.63 bits per heavy atom. The van der Waals surface area contributed by atoms with Crippen LogP contribution in [-0.2, 0) is 12.0 Å². The molecule has 0 bridgehead atoms. The third kappa shape index (κ3) is 4.33. The average Bonchev–Trinajstić information content (AvgIpc) is 3.02. The van der Waals surface area contributed by atoms with Crippen LogP contribution in [0.1, 0.15) is 28.4 Å². The second-order valence-electron chi connectivity index (χ2n) is 7.05. The lowest BCUT2D eigenvalue weighted by Crippen LogP contribution is -2.30. The van der Waals surface area contributed by atoms with Gasteiger partial charge in [0.2, 0.25) is 5.91 Å². The number of primary amides is 1. The van der Waals surface area contributed by atoms with Crippen molar-refractivity contribution in [3.05, 3.63) is 58.2 Å². The lowest BCUT2D eigenvalue weighted by atomic mass is 9.80. The van der Waals surface area contributed by atoms with Gasteiger partial charge >= 0.3 is 6.36 Å². The molecule has 2 aromatic carbocycles. The molecular weight excluding hydrogens is 421 g/mol. The second-order valence-corrected chi connectivity index (χ2v) is 7.49.